The highest BCUT2D eigenvalue weighted by atomic mass is 19.2. The minimum Gasteiger partial charge on any atom is -0.494 e. The lowest BCUT2D eigenvalue weighted by Gasteiger charge is -2.29. The molecule has 154 valence electrons. The molecule has 1 nitrogen and oxygen atoms in total. The zero-order chi connectivity index (χ0) is 20.1. The maximum atomic E-state index is 14.4. The van der Waals surface area contributed by atoms with E-state index in [1.165, 1.54) is 6.07 Å². The fourth-order valence-electron chi connectivity index (χ4n) is 4.59. The standard InChI is InChI=1S/C24H31F3O/c1-3-17-11-12-19(24(27)23(17)26)10-7-16-5-8-18(9-6-16)21-14-13-20(28-4-2)15-22(21)25/h12-18H,3-11H2,1-2H3/t16?,17-,18?/m1/s1. The van der Waals surface area contributed by atoms with Crippen molar-refractivity contribution >= 4 is 0 Å². The summed E-state index contributed by atoms with van der Waals surface area (Å²) in [7, 11) is 0. The van der Waals surface area contributed by atoms with Crippen molar-refractivity contribution in [2.75, 3.05) is 6.61 Å². The molecule has 1 atom stereocenters. The van der Waals surface area contributed by atoms with Gasteiger partial charge in [0.15, 0.2) is 5.83 Å². The van der Waals surface area contributed by atoms with Gasteiger partial charge < -0.3 is 4.74 Å². The third kappa shape index (κ3) is 4.82. The molecule has 0 spiro atoms. The fraction of sp³-hybridized carbons (Fsp3) is 0.583. The Balaban J connectivity index is 1.50. The first-order chi connectivity index (χ1) is 13.5. The number of rotatable bonds is 7. The van der Waals surface area contributed by atoms with Gasteiger partial charge in [-0.05, 0) is 87.3 Å². The summed E-state index contributed by atoms with van der Waals surface area (Å²) >= 11 is 0. The van der Waals surface area contributed by atoms with E-state index < -0.39 is 11.7 Å². The van der Waals surface area contributed by atoms with Gasteiger partial charge in [-0.3, -0.25) is 0 Å². The topological polar surface area (TPSA) is 9.23 Å². The van der Waals surface area contributed by atoms with Crippen LogP contribution in [0, 0.1) is 17.7 Å². The Kier molecular flexibility index (Phi) is 7.25. The van der Waals surface area contributed by atoms with Gasteiger partial charge in [0, 0.05) is 12.0 Å². The lowest BCUT2D eigenvalue weighted by molar-refractivity contribution is 0.303. The molecule has 1 aromatic carbocycles. The van der Waals surface area contributed by atoms with E-state index in [1.807, 2.05) is 32.1 Å². The van der Waals surface area contributed by atoms with Crippen LogP contribution in [0.25, 0.3) is 0 Å². The molecule has 0 heterocycles. The highest BCUT2D eigenvalue weighted by Crippen LogP contribution is 2.41. The van der Waals surface area contributed by atoms with E-state index in [2.05, 4.69) is 0 Å². The zero-order valence-electron chi connectivity index (χ0n) is 16.9. The second-order valence-electron chi connectivity index (χ2n) is 8.10. The summed E-state index contributed by atoms with van der Waals surface area (Å²) in [5.74, 6) is -0.343. The molecule has 0 amide bonds. The van der Waals surface area contributed by atoms with Crippen molar-refractivity contribution in [3.8, 4) is 5.75 Å². The third-order valence-electron chi connectivity index (χ3n) is 6.38. The number of hydrogen-bond donors (Lipinski definition) is 0. The van der Waals surface area contributed by atoms with Crippen molar-refractivity contribution in [2.24, 2.45) is 11.8 Å². The van der Waals surface area contributed by atoms with Gasteiger partial charge in [0.2, 0.25) is 0 Å². The van der Waals surface area contributed by atoms with E-state index >= 15 is 0 Å². The van der Waals surface area contributed by atoms with Gasteiger partial charge in [0.1, 0.15) is 17.4 Å². The van der Waals surface area contributed by atoms with Crippen LogP contribution in [-0.4, -0.2) is 6.61 Å². The van der Waals surface area contributed by atoms with Gasteiger partial charge in [-0.25, -0.2) is 13.2 Å². The Hall–Kier alpha value is -1.71. The molecule has 0 bridgehead atoms. The van der Waals surface area contributed by atoms with Gasteiger partial charge in [0.05, 0.1) is 6.61 Å². The van der Waals surface area contributed by atoms with Gasteiger partial charge in [0.25, 0.3) is 0 Å². The molecule has 2 aliphatic carbocycles. The molecule has 0 unspecified atom stereocenters. The van der Waals surface area contributed by atoms with Crippen LogP contribution in [0.1, 0.15) is 76.7 Å². The van der Waals surface area contributed by atoms with Crippen LogP contribution >= 0.6 is 0 Å². The molecule has 28 heavy (non-hydrogen) atoms. The summed E-state index contributed by atoms with van der Waals surface area (Å²) in [4.78, 5) is 0. The highest BCUT2D eigenvalue weighted by molar-refractivity contribution is 5.33. The zero-order valence-corrected chi connectivity index (χ0v) is 16.9. The fourth-order valence-corrected chi connectivity index (χ4v) is 4.59. The molecule has 1 fully saturated rings. The minimum absolute atomic E-state index is 0.185. The van der Waals surface area contributed by atoms with Crippen molar-refractivity contribution in [1.29, 1.82) is 0 Å². The molecule has 2 aliphatic rings. The summed E-state index contributed by atoms with van der Waals surface area (Å²) in [5, 5.41) is 0. The molecule has 1 aromatic rings. The minimum atomic E-state index is -0.622. The third-order valence-corrected chi connectivity index (χ3v) is 6.38. The molecular weight excluding hydrogens is 361 g/mol. The summed E-state index contributed by atoms with van der Waals surface area (Å²) in [6.45, 7) is 4.30. The van der Waals surface area contributed by atoms with E-state index in [0.29, 0.717) is 43.1 Å². The predicted molar refractivity (Wildman–Crippen MR) is 107 cm³/mol. The van der Waals surface area contributed by atoms with E-state index in [4.69, 9.17) is 4.74 Å². The monoisotopic (exact) mass is 392 g/mol. The summed E-state index contributed by atoms with van der Waals surface area (Å²) < 4.78 is 48.0. The van der Waals surface area contributed by atoms with Crippen molar-refractivity contribution in [1.82, 2.24) is 0 Å². The molecule has 0 aliphatic heterocycles. The molecule has 0 radical (unpaired) electrons. The Morgan fingerprint density at radius 1 is 1.04 bits per heavy atom. The van der Waals surface area contributed by atoms with Gasteiger partial charge >= 0.3 is 0 Å². The molecular formula is C24H31F3O. The molecule has 3 rings (SSSR count). The Morgan fingerprint density at radius 2 is 1.79 bits per heavy atom. The average Bonchev–Trinajstić information content (AvgIpc) is 2.70. The van der Waals surface area contributed by atoms with Gasteiger partial charge in [-0.15, -0.1) is 0 Å². The van der Waals surface area contributed by atoms with Crippen LogP contribution in [0.2, 0.25) is 0 Å². The SMILES string of the molecule is CCOc1ccc(C2CCC(CCC3=CC[C@@H](CC)C(F)=C3F)CC2)c(F)c1. The second-order valence-corrected chi connectivity index (χ2v) is 8.10. The van der Waals surface area contributed by atoms with E-state index in [9.17, 15) is 13.2 Å². The molecule has 4 heteroatoms. The Morgan fingerprint density at radius 3 is 2.43 bits per heavy atom. The van der Waals surface area contributed by atoms with Crippen molar-refractivity contribution < 1.29 is 17.9 Å². The van der Waals surface area contributed by atoms with Crippen LogP contribution < -0.4 is 4.74 Å². The molecule has 0 saturated heterocycles. The lowest BCUT2D eigenvalue weighted by atomic mass is 9.76. The average molecular weight is 393 g/mol. The van der Waals surface area contributed by atoms with E-state index in [1.54, 1.807) is 0 Å². The first-order valence-electron chi connectivity index (χ1n) is 10.7. The number of benzene rings is 1. The van der Waals surface area contributed by atoms with Crippen LogP contribution in [0.15, 0.2) is 41.5 Å². The smallest absolute Gasteiger partial charge is 0.157 e. The maximum Gasteiger partial charge on any atom is 0.157 e. The first kappa shape index (κ1) is 21.0. The Labute approximate surface area is 166 Å². The quantitative estimate of drug-likeness (QED) is 0.460. The van der Waals surface area contributed by atoms with Crippen LogP contribution in [-0.2, 0) is 0 Å². The highest BCUT2D eigenvalue weighted by Gasteiger charge is 2.27. The summed E-state index contributed by atoms with van der Waals surface area (Å²) in [6, 6.07) is 5.18. The number of halogens is 3. The lowest BCUT2D eigenvalue weighted by Crippen LogP contribution is -2.15. The van der Waals surface area contributed by atoms with Gasteiger partial charge in [-0.1, -0.05) is 19.1 Å². The van der Waals surface area contributed by atoms with Crippen LogP contribution in [0.5, 0.6) is 5.75 Å². The Bertz CT molecular complexity index is 729. The number of ether oxygens (including phenoxy) is 1. The summed E-state index contributed by atoms with van der Waals surface area (Å²) in [5.41, 5.74) is 1.32. The van der Waals surface area contributed by atoms with Crippen molar-refractivity contribution in [3.05, 3.63) is 52.9 Å². The second kappa shape index (κ2) is 9.67. The molecule has 1 saturated carbocycles. The van der Waals surface area contributed by atoms with E-state index in [-0.39, 0.29) is 17.7 Å². The van der Waals surface area contributed by atoms with E-state index in [0.717, 1.165) is 37.7 Å². The maximum absolute atomic E-state index is 14.4. The van der Waals surface area contributed by atoms with Crippen LogP contribution in [0.4, 0.5) is 13.2 Å². The predicted octanol–water partition coefficient (Wildman–Crippen LogP) is 7.79. The number of allylic oxidation sites excluding steroid dienone is 4. The summed E-state index contributed by atoms with van der Waals surface area (Å²) in [6.07, 6.45) is 8.51. The van der Waals surface area contributed by atoms with Crippen molar-refractivity contribution in [3.63, 3.8) is 0 Å². The van der Waals surface area contributed by atoms with Gasteiger partial charge in [-0.2, -0.15) is 0 Å². The number of hydrogen-bond acceptors (Lipinski definition) is 1. The van der Waals surface area contributed by atoms with Crippen LogP contribution in [0.3, 0.4) is 0 Å². The molecule has 0 aromatic heterocycles. The van der Waals surface area contributed by atoms with Crippen molar-refractivity contribution in [2.45, 2.75) is 71.1 Å². The first-order valence-corrected chi connectivity index (χ1v) is 10.7. The molecule has 0 N–H and O–H groups in total. The largest absolute Gasteiger partial charge is 0.494 e. The normalized spacial score (nSPS) is 25.6.